The summed E-state index contributed by atoms with van der Waals surface area (Å²) in [6, 6.07) is 24.1. The fraction of sp³-hybridized carbons (Fsp3) is 0.321. The van der Waals surface area contributed by atoms with Crippen LogP contribution in [-0.4, -0.2) is 63.2 Å². The third-order valence-corrected chi connectivity index (χ3v) is 6.33. The lowest BCUT2D eigenvalue weighted by molar-refractivity contribution is -0.133. The predicted octanol–water partition coefficient (Wildman–Crippen LogP) is 4.19. The SMILES string of the molecule is COc1cc(CN2CCN(C(=O)C(c3ccccc3)c3ccccc3)CC2)cc(OC)c1OC. The highest BCUT2D eigenvalue weighted by Crippen LogP contribution is 2.38. The molecule has 1 heterocycles. The number of piperazine rings is 1. The number of amides is 1. The smallest absolute Gasteiger partial charge is 0.234 e. The molecule has 0 radical (unpaired) electrons. The second-order valence-corrected chi connectivity index (χ2v) is 8.39. The van der Waals surface area contributed by atoms with Crippen molar-refractivity contribution in [3.8, 4) is 17.2 Å². The number of carbonyl (C=O) groups excluding carboxylic acids is 1. The molecule has 34 heavy (non-hydrogen) atoms. The van der Waals surface area contributed by atoms with E-state index in [4.69, 9.17) is 14.2 Å². The zero-order valence-electron chi connectivity index (χ0n) is 20.1. The molecule has 3 aromatic carbocycles. The van der Waals surface area contributed by atoms with Crippen LogP contribution < -0.4 is 14.2 Å². The Kier molecular flexibility index (Phi) is 7.70. The Hall–Kier alpha value is -3.51. The lowest BCUT2D eigenvalue weighted by Gasteiger charge is -2.36. The number of hydrogen-bond acceptors (Lipinski definition) is 5. The highest BCUT2D eigenvalue weighted by atomic mass is 16.5. The lowest BCUT2D eigenvalue weighted by Crippen LogP contribution is -2.49. The molecule has 1 amide bonds. The third kappa shape index (κ3) is 5.18. The number of benzene rings is 3. The van der Waals surface area contributed by atoms with Crippen LogP contribution in [0.1, 0.15) is 22.6 Å². The summed E-state index contributed by atoms with van der Waals surface area (Å²) < 4.78 is 16.4. The molecule has 0 atom stereocenters. The maximum Gasteiger partial charge on any atom is 0.234 e. The fourth-order valence-corrected chi connectivity index (χ4v) is 4.56. The first-order valence-electron chi connectivity index (χ1n) is 11.5. The van der Waals surface area contributed by atoms with Gasteiger partial charge in [0.2, 0.25) is 11.7 Å². The van der Waals surface area contributed by atoms with Gasteiger partial charge in [-0.3, -0.25) is 9.69 Å². The molecule has 6 nitrogen and oxygen atoms in total. The van der Waals surface area contributed by atoms with E-state index < -0.39 is 0 Å². The minimum atomic E-state index is -0.288. The first-order valence-corrected chi connectivity index (χ1v) is 11.5. The van der Waals surface area contributed by atoms with Gasteiger partial charge in [0.1, 0.15) is 0 Å². The van der Waals surface area contributed by atoms with Gasteiger partial charge < -0.3 is 19.1 Å². The van der Waals surface area contributed by atoms with Crippen molar-refractivity contribution in [1.29, 1.82) is 0 Å². The summed E-state index contributed by atoms with van der Waals surface area (Å²) in [7, 11) is 4.86. The fourth-order valence-electron chi connectivity index (χ4n) is 4.56. The maximum atomic E-state index is 13.7. The Bertz CT molecular complexity index is 1020. The standard InChI is InChI=1S/C28H32N2O4/c1-32-24-18-21(19-25(33-2)27(24)34-3)20-29-14-16-30(17-15-29)28(31)26(22-10-6-4-7-11-22)23-12-8-5-9-13-23/h4-13,18-19,26H,14-17,20H2,1-3H3. The topological polar surface area (TPSA) is 51.2 Å². The Labute approximate surface area is 201 Å². The summed E-state index contributed by atoms with van der Waals surface area (Å²) in [5, 5.41) is 0. The summed E-state index contributed by atoms with van der Waals surface area (Å²) in [4.78, 5) is 18.0. The van der Waals surface area contributed by atoms with Crippen LogP contribution in [0.15, 0.2) is 72.8 Å². The summed E-state index contributed by atoms with van der Waals surface area (Å²) in [5.41, 5.74) is 3.14. The second kappa shape index (κ2) is 11.1. The van der Waals surface area contributed by atoms with Crippen LogP contribution in [0, 0.1) is 0 Å². The van der Waals surface area contributed by atoms with E-state index in [2.05, 4.69) is 4.90 Å². The van der Waals surface area contributed by atoms with Gasteiger partial charge in [-0.2, -0.15) is 0 Å². The molecule has 1 saturated heterocycles. The monoisotopic (exact) mass is 460 g/mol. The molecule has 0 spiro atoms. The van der Waals surface area contributed by atoms with Crippen molar-refractivity contribution in [2.75, 3.05) is 47.5 Å². The molecule has 0 bridgehead atoms. The minimum Gasteiger partial charge on any atom is -0.493 e. The van der Waals surface area contributed by atoms with Crippen LogP contribution in [0.3, 0.4) is 0 Å². The number of methoxy groups -OCH3 is 3. The summed E-state index contributed by atoms with van der Waals surface area (Å²) in [6.07, 6.45) is 0. The van der Waals surface area contributed by atoms with Crippen molar-refractivity contribution in [1.82, 2.24) is 9.80 Å². The molecular weight excluding hydrogens is 428 g/mol. The average Bonchev–Trinajstić information content (AvgIpc) is 2.89. The highest BCUT2D eigenvalue weighted by Gasteiger charge is 2.30. The van der Waals surface area contributed by atoms with E-state index in [-0.39, 0.29) is 11.8 Å². The molecule has 0 saturated carbocycles. The zero-order valence-corrected chi connectivity index (χ0v) is 20.1. The largest absolute Gasteiger partial charge is 0.493 e. The normalized spacial score (nSPS) is 14.2. The van der Waals surface area contributed by atoms with Gasteiger partial charge in [0.25, 0.3) is 0 Å². The molecule has 1 aliphatic rings. The van der Waals surface area contributed by atoms with Gasteiger partial charge in [0.15, 0.2) is 11.5 Å². The van der Waals surface area contributed by atoms with E-state index in [1.165, 1.54) is 0 Å². The number of ether oxygens (including phenoxy) is 3. The van der Waals surface area contributed by atoms with Gasteiger partial charge in [-0.1, -0.05) is 60.7 Å². The number of carbonyl (C=O) groups is 1. The highest BCUT2D eigenvalue weighted by molar-refractivity contribution is 5.87. The number of rotatable bonds is 8. The minimum absolute atomic E-state index is 0.157. The van der Waals surface area contributed by atoms with Gasteiger partial charge in [-0.25, -0.2) is 0 Å². The van der Waals surface area contributed by atoms with Crippen LogP contribution in [0.2, 0.25) is 0 Å². The van der Waals surface area contributed by atoms with E-state index in [9.17, 15) is 4.79 Å². The Morgan fingerprint density at radius 2 is 1.26 bits per heavy atom. The number of nitrogens with zero attached hydrogens (tertiary/aromatic N) is 2. The lowest BCUT2D eigenvalue weighted by atomic mass is 9.90. The molecule has 6 heteroatoms. The van der Waals surface area contributed by atoms with Crippen LogP contribution in [-0.2, 0) is 11.3 Å². The van der Waals surface area contributed by atoms with E-state index in [1.807, 2.05) is 77.7 Å². The molecule has 4 rings (SSSR count). The quantitative estimate of drug-likeness (QED) is 0.505. The van der Waals surface area contributed by atoms with Gasteiger partial charge in [-0.15, -0.1) is 0 Å². The van der Waals surface area contributed by atoms with Crippen molar-refractivity contribution in [3.05, 3.63) is 89.5 Å². The first-order chi connectivity index (χ1) is 16.6. The third-order valence-electron chi connectivity index (χ3n) is 6.33. The first kappa shape index (κ1) is 23.6. The summed E-state index contributed by atoms with van der Waals surface area (Å²) >= 11 is 0. The van der Waals surface area contributed by atoms with Crippen LogP contribution in [0.4, 0.5) is 0 Å². The van der Waals surface area contributed by atoms with Crippen molar-refractivity contribution in [2.24, 2.45) is 0 Å². The van der Waals surface area contributed by atoms with Crippen molar-refractivity contribution in [3.63, 3.8) is 0 Å². The van der Waals surface area contributed by atoms with Crippen LogP contribution in [0.25, 0.3) is 0 Å². The van der Waals surface area contributed by atoms with Crippen molar-refractivity contribution in [2.45, 2.75) is 12.5 Å². The zero-order chi connectivity index (χ0) is 23.9. The van der Waals surface area contributed by atoms with E-state index in [1.54, 1.807) is 21.3 Å². The van der Waals surface area contributed by atoms with Gasteiger partial charge >= 0.3 is 0 Å². The van der Waals surface area contributed by atoms with E-state index >= 15 is 0 Å². The molecule has 3 aromatic rings. The molecular formula is C28H32N2O4. The molecule has 0 aromatic heterocycles. The molecule has 0 N–H and O–H groups in total. The van der Waals surface area contributed by atoms with Crippen molar-refractivity contribution < 1.29 is 19.0 Å². The van der Waals surface area contributed by atoms with Crippen molar-refractivity contribution >= 4 is 5.91 Å². The van der Waals surface area contributed by atoms with Crippen LogP contribution >= 0.6 is 0 Å². The van der Waals surface area contributed by atoms with Gasteiger partial charge in [-0.05, 0) is 28.8 Å². The van der Waals surface area contributed by atoms with E-state index in [0.717, 1.165) is 36.3 Å². The molecule has 1 fully saturated rings. The predicted molar refractivity (Wildman–Crippen MR) is 133 cm³/mol. The Morgan fingerprint density at radius 1 is 0.765 bits per heavy atom. The Morgan fingerprint density at radius 3 is 1.71 bits per heavy atom. The average molecular weight is 461 g/mol. The van der Waals surface area contributed by atoms with Gasteiger partial charge in [0, 0.05) is 32.7 Å². The van der Waals surface area contributed by atoms with Crippen LogP contribution in [0.5, 0.6) is 17.2 Å². The molecule has 0 aliphatic carbocycles. The number of hydrogen-bond donors (Lipinski definition) is 0. The molecule has 1 aliphatic heterocycles. The summed E-state index contributed by atoms with van der Waals surface area (Å²) in [6.45, 7) is 3.75. The van der Waals surface area contributed by atoms with Gasteiger partial charge in [0.05, 0.1) is 27.2 Å². The molecule has 0 unspecified atom stereocenters. The second-order valence-electron chi connectivity index (χ2n) is 8.39. The van der Waals surface area contributed by atoms with E-state index in [0.29, 0.717) is 30.3 Å². The maximum absolute atomic E-state index is 13.7. The molecule has 178 valence electrons. The summed E-state index contributed by atoms with van der Waals surface area (Å²) in [5.74, 6) is 1.77. The Balaban J connectivity index is 1.45.